The van der Waals surface area contributed by atoms with Crippen molar-refractivity contribution in [3.8, 4) is 28.4 Å². The molecule has 0 aliphatic carbocycles. The van der Waals surface area contributed by atoms with Gasteiger partial charge in [0.2, 0.25) is 5.88 Å². The van der Waals surface area contributed by atoms with Crippen LogP contribution in [0.1, 0.15) is 22.7 Å². The molecule has 1 aliphatic heterocycles. The Kier molecular flexibility index (Phi) is 5.18. The summed E-state index contributed by atoms with van der Waals surface area (Å²) in [6.45, 7) is 0.815. The highest BCUT2D eigenvalue weighted by Gasteiger charge is 2.26. The lowest BCUT2D eigenvalue weighted by Gasteiger charge is -2.24. The molecule has 1 N–H and O–H groups in total. The zero-order valence-corrected chi connectivity index (χ0v) is 18.0. The van der Waals surface area contributed by atoms with Gasteiger partial charge in [-0.05, 0) is 12.5 Å². The second kappa shape index (κ2) is 8.30. The van der Waals surface area contributed by atoms with E-state index in [0.717, 1.165) is 30.0 Å². The Labute approximate surface area is 185 Å². The van der Waals surface area contributed by atoms with Gasteiger partial charge in [-0.25, -0.2) is 9.97 Å². The molecule has 0 radical (unpaired) electrons. The fourth-order valence-electron chi connectivity index (χ4n) is 4.13. The Bertz CT molecular complexity index is 1260. The highest BCUT2D eigenvalue weighted by molar-refractivity contribution is 5.99. The van der Waals surface area contributed by atoms with Gasteiger partial charge in [-0.2, -0.15) is 5.10 Å². The van der Waals surface area contributed by atoms with Gasteiger partial charge in [0.05, 0.1) is 30.3 Å². The van der Waals surface area contributed by atoms with E-state index in [2.05, 4.69) is 38.3 Å². The number of aromatic nitrogens is 5. The topological polar surface area (TPSA) is 86.9 Å². The molecule has 8 nitrogen and oxygen atoms in total. The summed E-state index contributed by atoms with van der Waals surface area (Å²) in [7, 11) is 3.33. The summed E-state index contributed by atoms with van der Waals surface area (Å²) in [5.41, 5.74) is 3.86. The Morgan fingerprint density at radius 1 is 1.09 bits per heavy atom. The fourth-order valence-corrected chi connectivity index (χ4v) is 4.13. The molecule has 1 aromatic carbocycles. The third kappa shape index (κ3) is 3.75. The molecule has 8 heteroatoms. The SMILES string of the molecule is COc1cccc(-c2cnn(C)c2C(=O)NC2CCn3cc(-c4ccccc4)nc3C2)n1. The first-order valence-electron chi connectivity index (χ1n) is 10.6. The lowest BCUT2D eigenvalue weighted by Crippen LogP contribution is -2.41. The van der Waals surface area contributed by atoms with Crippen LogP contribution >= 0.6 is 0 Å². The summed E-state index contributed by atoms with van der Waals surface area (Å²) in [6.07, 6.45) is 5.28. The van der Waals surface area contributed by atoms with Crippen LogP contribution in [0.15, 0.2) is 60.9 Å². The standard InChI is InChI=1S/C24H24N6O2/c1-29-23(18(14-25-29)19-9-6-10-22(28-19)32-2)24(31)26-17-11-12-30-15-20(27-21(30)13-17)16-7-4-3-5-8-16/h3-10,14-15,17H,11-13H2,1-2H3,(H,26,31). The van der Waals surface area contributed by atoms with Gasteiger partial charge >= 0.3 is 0 Å². The number of amides is 1. The molecule has 5 rings (SSSR count). The van der Waals surface area contributed by atoms with Crippen molar-refractivity contribution in [1.29, 1.82) is 0 Å². The molecule has 4 aromatic rings. The van der Waals surface area contributed by atoms with Crippen LogP contribution in [0.5, 0.6) is 5.88 Å². The van der Waals surface area contributed by atoms with E-state index >= 15 is 0 Å². The number of rotatable bonds is 5. The van der Waals surface area contributed by atoms with Crippen molar-refractivity contribution in [2.45, 2.75) is 25.4 Å². The van der Waals surface area contributed by atoms with Crippen molar-refractivity contribution in [1.82, 2.24) is 29.6 Å². The van der Waals surface area contributed by atoms with Gasteiger partial charge in [-0.15, -0.1) is 0 Å². The van der Waals surface area contributed by atoms with Crippen LogP contribution in [-0.4, -0.2) is 43.4 Å². The number of aryl methyl sites for hydroxylation is 2. The maximum Gasteiger partial charge on any atom is 0.270 e. The summed E-state index contributed by atoms with van der Waals surface area (Å²) >= 11 is 0. The van der Waals surface area contributed by atoms with Gasteiger partial charge in [0.25, 0.3) is 5.91 Å². The molecular formula is C24H24N6O2. The van der Waals surface area contributed by atoms with Gasteiger partial charge < -0.3 is 14.6 Å². The number of carbonyl (C=O) groups is 1. The van der Waals surface area contributed by atoms with Crippen molar-refractivity contribution in [3.63, 3.8) is 0 Å². The second-order valence-corrected chi connectivity index (χ2v) is 7.86. The van der Waals surface area contributed by atoms with E-state index in [9.17, 15) is 4.79 Å². The minimum absolute atomic E-state index is 0.00189. The Morgan fingerprint density at radius 2 is 1.94 bits per heavy atom. The number of imidazole rings is 1. The highest BCUT2D eigenvalue weighted by Crippen LogP contribution is 2.25. The largest absolute Gasteiger partial charge is 0.481 e. The van der Waals surface area contributed by atoms with Gasteiger partial charge in [0.1, 0.15) is 11.5 Å². The first-order valence-corrected chi connectivity index (χ1v) is 10.6. The van der Waals surface area contributed by atoms with Crippen LogP contribution < -0.4 is 10.1 Å². The van der Waals surface area contributed by atoms with E-state index in [-0.39, 0.29) is 11.9 Å². The first kappa shape index (κ1) is 20.0. The second-order valence-electron chi connectivity index (χ2n) is 7.86. The lowest BCUT2D eigenvalue weighted by molar-refractivity contribution is 0.0921. The predicted octanol–water partition coefficient (Wildman–Crippen LogP) is 3.10. The van der Waals surface area contributed by atoms with Gasteiger partial charge in [-0.1, -0.05) is 36.4 Å². The smallest absolute Gasteiger partial charge is 0.270 e. The number of nitrogens with one attached hydrogen (secondary N) is 1. The number of pyridine rings is 1. The molecule has 0 saturated carbocycles. The Morgan fingerprint density at radius 3 is 2.75 bits per heavy atom. The molecule has 1 atom stereocenters. The Balaban J connectivity index is 1.35. The van der Waals surface area contributed by atoms with Crippen LogP contribution in [0.25, 0.3) is 22.5 Å². The normalized spacial score (nSPS) is 15.2. The number of hydrogen-bond donors (Lipinski definition) is 1. The molecule has 0 saturated heterocycles. The lowest BCUT2D eigenvalue weighted by atomic mass is 10.1. The van der Waals surface area contributed by atoms with Crippen molar-refractivity contribution in [2.24, 2.45) is 7.05 Å². The van der Waals surface area contributed by atoms with Crippen LogP contribution in [0.2, 0.25) is 0 Å². The van der Waals surface area contributed by atoms with Crippen LogP contribution in [0.3, 0.4) is 0 Å². The summed E-state index contributed by atoms with van der Waals surface area (Å²) in [6, 6.07) is 15.6. The number of fused-ring (bicyclic) bond motifs is 1. The van der Waals surface area contributed by atoms with E-state index in [1.807, 2.05) is 30.3 Å². The van der Waals surface area contributed by atoms with Gasteiger partial charge in [0.15, 0.2) is 0 Å². The number of nitrogens with zero attached hydrogens (tertiary/aromatic N) is 5. The molecule has 32 heavy (non-hydrogen) atoms. The summed E-state index contributed by atoms with van der Waals surface area (Å²) in [5, 5.41) is 7.47. The van der Waals surface area contributed by atoms with Crippen molar-refractivity contribution in [3.05, 3.63) is 72.4 Å². The van der Waals surface area contributed by atoms with E-state index in [4.69, 9.17) is 9.72 Å². The predicted molar refractivity (Wildman–Crippen MR) is 120 cm³/mol. The van der Waals surface area contributed by atoms with Crippen LogP contribution in [-0.2, 0) is 20.0 Å². The minimum atomic E-state index is -0.169. The molecule has 162 valence electrons. The quantitative estimate of drug-likeness (QED) is 0.528. The molecule has 1 amide bonds. The van der Waals surface area contributed by atoms with E-state index in [1.165, 1.54) is 0 Å². The van der Waals surface area contributed by atoms with Crippen LogP contribution in [0, 0.1) is 0 Å². The molecule has 3 aromatic heterocycles. The number of hydrogen-bond acceptors (Lipinski definition) is 5. The van der Waals surface area contributed by atoms with E-state index in [0.29, 0.717) is 29.3 Å². The average molecular weight is 428 g/mol. The molecule has 0 bridgehead atoms. The highest BCUT2D eigenvalue weighted by atomic mass is 16.5. The maximum absolute atomic E-state index is 13.2. The van der Waals surface area contributed by atoms with Crippen LogP contribution in [0.4, 0.5) is 0 Å². The van der Waals surface area contributed by atoms with Gasteiger partial charge in [-0.3, -0.25) is 9.48 Å². The summed E-state index contributed by atoms with van der Waals surface area (Å²) < 4.78 is 8.99. The molecule has 1 unspecified atom stereocenters. The van der Waals surface area contributed by atoms with Gasteiger partial charge in [0, 0.05) is 43.9 Å². The van der Waals surface area contributed by atoms with Crippen molar-refractivity contribution < 1.29 is 9.53 Å². The molecule has 1 aliphatic rings. The zero-order valence-electron chi connectivity index (χ0n) is 18.0. The number of benzene rings is 1. The number of ether oxygens (including phenoxy) is 1. The minimum Gasteiger partial charge on any atom is -0.481 e. The van der Waals surface area contributed by atoms with E-state index in [1.54, 1.807) is 31.1 Å². The molecule has 0 spiro atoms. The average Bonchev–Trinajstić information content (AvgIpc) is 3.43. The monoisotopic (exact) mass is 428 g/mol. The summed E-state index contributed by atoms with van der Waals surface area (Å²) in [4.78, 5) is 22.5. The zero-order chi connectivity index (χ0) is 22.1. The first-order chi connectivity index (χ1) is 15.6. The molecule has 0 fully saturated rings. The fraction of sp³-hybridized carbons (Fsp3) is 0.250. The van der Waals surface area contributed by atoms with E-state index < -0.39 is 0 Å². The molecule has 4 heterocycles. The summed E-state index contributed by atoms with van der Waals surface area (Å²) in [5.74, 6) is 1.31. The number of carbonyl (C=O) groups excluding carboxylic acids is 1. The molecular weight excluding hydrogens is 404 g/mol. The third-order valence-corrected chi connectivity index (χ3v) is 5.77. The van der Waals surface area contributed by atoms with Crippen molar-refractivity contribution in [2.75, 3.05) is 7.11 Å². The number of methoxy groups -OCH3 is 1. The maximum atomic E-state index is 13.2. The third-order valence-electron chi connectivity index (χ3n) is 5.77. The Hall–Kier alpha value is -3.94. The van der Waals surface area contributed by atoms with Crippen molar-refractivity contribution >= 4 is 5.91 Å².